The van der Waals surface area contributed by atoms with Crippen molar-refractivity contribution in [2.75, 3.05) is 13.2 Å². The molecule has 0 aromatic heterocycles. The van der Waals surface area contributed by atoms with Crippen LogP contribution in [0.4, 0.5) is 0 Å². The van der Waals surface area contributed by atoms with Crippen LogP contribution in [0.1, 0.15) is 22.1 Å². The summed E-state index contributed by atoms with van der Waals surface area (Å²) in [6, 6.07) is 0. The summed E-state index contributed by atoms with van der Waals surface area (Å²) >= 11 is 0. The summed E-state index contributed by atoms with van der Waals surface area (Å²) in [5.41, 5.74) is -5.76. The molecule has 1 aliphatic rings. The maximum Gasteiger partial charge on any atom is 0.264 e. The Morgan fingerprint density at radius 1 is 1.15 bits per heavy atom. The van der Waals surface area contributed by atoms with Crippen molar-refractivity contribution in [1.82, 2.24) is 0 Å². The van der Waals surface area contributed by atoms with Gasteiger partial charge in [-0.1, -0.05) is 0 Å². The number of Topliss-reactive ketones (excluding diaryl/α,β-unsaturated/α-hetero) is 3. The van der Waals surface area contributed by atoms with E-state index in [1.807, 2.05) is 0 Å². The van der Waals surface area contributed by atoms with Crippen LogP contribution in [0.3, 0.4) is 0 Å². The largest absolute Gasteiger partial charge is 0.396 e. The summed E-state index contributed by atoms with van der Waals surface area (Å²) in [6.45, 7) is -0.799. The molecule has 0 spiro atoms. The van der Waals surface area contributed by atoms with Crippen molar-refractivity contribution in [2.24, 2.45) is 5.92 Å². The van der Waals surface area contributed by atoms with E-state index >= 15 is 0 Å². The average molecular weight is 291 g/mol. The molecule has 20 heavy (non-hydrogen) atoms. The van der Waals surface area contributed by atoms with Crippen molar-refractivity contribution >= 4 is 17.3 Å². The number of aliphatic hydroxyl groups is 4. The van der Waals surface area contributed by atoms with E-state index in [0.717, 1.165) is 20.8 Å². The maximum absolute atomic E-state index is 11.8. The van der Waals surface area contributed by atoms with Gasteiger partial charge in [0.15, 0.2) is 28.6 Å². The molecule has 1 fully saturated rings. The molecule has 1 rings (SSSR count). The van der Waals surface area contributed by atoms with Gasteiger partial charge in [-0.3, -0.25) is 14.4 Å². The van der Waals surface area contributed by atoms with Gasteiger partial charge in [0, 0.05) is 6.92 Å². The van der Waals surface area contributed by atoms with Crippen LogP contribution >= 0.6 is 0 Å². The van der Waals surface area contributed by atoms with Crippen molar-refractivity contribution < 1.29 is 40.9 Å². The molecule has 1 saturated heterocycles. The van der Waals surface area contributed by atoms with Crippen molar-refractivity contribution in [3.63, 3.8) is 0 Å². The Morgan fingerprint density at radius 3 is 1.95 bits per heavy atom. The predicted octanol–water partition coefficient (Wildman–Crippen LogP) is -2.46. The molecule has 5 atom stereocenters. The highest BCUT2D eigenvalue weighted by Crippen LogP contribution is 2.44. The first-order valence-corrected chi connectivity index (χ1v) is 5.80. The Kier molecular flexibility index (Phi) is 3.78. The number of carbonyl (C=O) groups is 3. The number of ketones is 3. The second-order valence-corrected chi connectivity index (χ2v) is 4.92. The molecule has 8 heteroatoms. The highest BCUT2D eigenvalue weighted by molar-refractivity contribution is 5.98. The summed E-state index contributed by atoms with van der Waals surface area (Å²) in [5.74, 6) is -8.65. The van der Waals surface area contributed by atoms with Gasteiger partial charge in [0.05, 0.1) is 20.5 Å². The molecule has 0 bridgehead atoms. The van der Waals surface area contributed by atoms with Gasteiger partial charge in [-0.15, -0.1) is 0 Å². The fraction of sp³-hybridized carbons (Fsp3) is 0.750. The van der Waals surface area contributed by atoms with Crippen LogP contribution in [0.15, 0.2) is 0 Å². The Labute approximate surface area is 116 Å². The lowest BCUT2D eigenvalue weighted by atomic mass is 9.65. The standard InChI is InChI=1S/C12H18O8/c1-6(14)10(17)5-20-12(19,8(3)16)11(18,7(2)15)9(10)4-13/h9,13,17-19H,4-5H2,1-3H3/t9-,10+,11-,12?/m1/s1/i4D/t4?,9-,10+,11-,12?. The second kappa shape index (κ2) is 4.97. The SMILES string of the molecule is [2H]C(O)[C@H]1[C@](O)(C(C)=O)C(O)(C(C)=O)OC[C@]1(O)C(C)=O. The van der Waals surface area contributed by atoms with Crippen molar-refractivity contribution in [3.05, 3.63) is 0 Å². The van der Waals surface area contributed by atoms with E-state index in [4.69, 9.17) is 6.11 Å². The van der Waals surface area contributed by atoms with Crippen molar-refractivity contribution in [3.8, 4) is 0 Å². The number of hydrogen-bond donors (Lipinski definition) is 4. The van der Waals surface area contributed by atoms with Gasteiger partial charge < -0.3 is 25.2 Å². The van der Waals surface area contributed by atoms with Gasteiger partial charge in [0.25, 0.3) is 5.79 Å². The number of ether oxygens (including phenoxy) is 1. The van der Waals surface area contributed by atoms with E-state index in [0.29, 0.717) is 0 Å². The van der Waals surface area contributed by atoms with E-state index in [9.17, 15) is 34.8 Å². The first kappa shape index (κ1) is 15.2. The minimum Gasteiger partial charge on any atom is -0.396 e. The summed E-state index contributed by atoms with van der Waals surface area (Å²) in [6.07, 6.45) is 0. The summed E-state index contributed by atoms with van der Waals surface area (Å²) in [4.78, 5) is 35.0. The summed E-state index contributed by atoms with van der Waals surface area (Å²) in [5, 5.41) is 40.5. The normalized spacial score (nSPS) is 43.5. The molecule has 114 valence electrons. The lowest BCUT2D eigenvalue weighted by Crippen LogP contribution is -2.78. The summed E-state index contributed by atoms with van der Waals surface area (Å²) in [7, 11) is 0. The lowest BCUT2D eigenvalue weighted by Gasteiger charge is -2.53. The summed E-state index contributed by atoms with van der Waals surface area (Å²) < 4.78 is 12.1. The molecule has 1 heterocycles. The molecule has 0 aliphatic carbocycles. The van der Waals surface area contributed by atoms with Gasteiger partial charge in [-0.25, -0.2) is 0 Å². The third-order valence-corrected chi connectivity index (χ3v) is 3.75. The maximum atomic E-state index is 11.8. The molecule has 0 amide bonds. The van der Waals surface area contributed by atoms with E-state index in [2.05, 4.69) is 0 Å². The zero-order valence-corrected chi connectivity index (χ0v) is 11.3. The van der Waals surface area contributed by atoms with E-state index < -0.39 is 53.4 Å². The minimum absolute atomic E-state index is 0.776. The molecule has 1 aliphatic heterocycles. The predicted molar refractivity (Wildman–Crippen MR) is 63.4 cm³/mol. The van der Waals surface area contributed by atoms with Gasteiger partial charge >= 0.3 is 0 Å². The molecular formula is C12H18O8. The Morgan fingerprint density at radius 2 is 1.65 bits per heavy atom. The first-order chi connectivity index (χ1) is 9.35. The Hall–Kier alpha value is -1.19. The Bertz CT molecular complexity index is 492. The molecule has 2 unspecified atom stereocenters. The van der Waals surface area contributed by atoms with Crippen LogP contribution in [-0.4, -0.2) is 68.0 Å². The topological polar surface area (TPSA) is 141 Å². The van der Waals surface area contributed by atoms with Gasteiger partial charge in [0.2, 0.25) is 0 Å². The average Bonchev–Trinajstić information content (AvgIpc) is 2.33. The monoisotopic (exact) mass is 291 g/mol. The molecule has 4 N–H and O–H groups in total. The highest BCUT2D eigenvalue weighted by atomic mass is 16.7. The van der Waals surface area contributed by atoms with Gasteiger partial charge in [-0.2, -0.15) is 0 Å². The molecule has 0 saturated carbocycles. The minimum atomic E-state index is -3.15. The van der Waals surface area contributed by atoms with Gasteiger partial charge in [0.1, 0.15) is 0 Å². The van der Waals surface area contributed by atoms with Crippen LogP contribution in [0.2, 0.25) is 0 Å². The first-order valence-electron chi connectivity index (χ1n) is 6.38. The van der Waals surface area contributed by atoms with Crippen molar-refractivity contribution in [1.29, 1.82) is 0 Å². The zero-order chi connectivity index (χ0) is 16.8. The number of carbonyl (C=O) groups excluding carboxylic acids is 3. The molecule has 0 aromatic carbocycles. The van der Waals surface area contributed by atoms with Crippen LogP contribution in [-0.2, 0) is 19.1 Å². The quantitative estimate of drug-likeness (QED) is 0.447. The van der Waals surface area contributed by atoms with Crippen LogP contribution in [0.25, 0.3) is 0 Å². The van der Waals surface area contributed by atoms with Crippen molar-refractivity contribution in [2.45, 2.75) is 37.8 Å². The molecule has 0 aromatic rings. The lowest BCUT2D eigenvalue weighted by molar-refractivity contribution is -0.339. The van der Waals surface area contributed by atoms with E-state index in [-0.39, 0.29) is 0 Å². The van der Waals surface area contributed by atoms with Crippen LogP contribution in [0.5, 0.6) is 0 Å². The van der Waals surface area contributed by atoms with Gasteiger partial charge in [-0.05, 0) is 13.8 Å². The van der Waals surface area contributed by atoms with E-state index in [1.165, 1.54) is 0 Å². The fourth-order valence-electron chi connectivity index (χ4n) is 2.35. The number of rotatable bonds is 4. The third kappa shape index (κ3) is 1.92. The van der Waals surface area contributed by atoms with Crippen LogP contribution < -0.4 is 0 Å². The second-order valence-electron chi connectivity index (χ2n) is 4.92. The highest BCUT2D eigenvalue weighted by Gasteiger charge is 2.71. The molecule has 8 nitrogen and oxygen atoms in total. The zero-order valence-electron chi connectivity index (χ0n) is 12.3. The van der Waals surface area contributed by atoms with Crippen LogP contribution in [0, 0.1) is 5.92 Å². The number of hydrogen-bond acceptors (Lipinski definition) is 8. The molecule has 0 radical (unpaired) electrons. The van der Waals surface area contributed by atoms with E-state index in [1.54, 1.807) is 0 Å². The fourth-order valence-corrected chi connectivity index (χ4v) is 2.35. The molecular weight excluding hydrogens is 272 g/mol. The smallest absolute Gasteiger partial charge is 0.264 e. The third-order valence-electron chi connectivity index (χ3n) is 3.75. The number of aliphatic hydroxyl groups excluding tert-OH is 1. The Balaban J connectivity index is 3.65.